The molecule has 0 saturated heterocycles. The molecular weight excluding hydrogens is 330 g/mol. The number of fused-ring (bicyclic) bond motifs is 2. The summed E-state index contributed by atoms with van der Waals surface area (Å²) in [5, 5.41) is 9.63. The number of rotatable bonds is 2. The first-order valence-electron chi connectivity index (χ1n) is 8.49. The second kappa shape index (κ2) is 5.98. The van der Waals surface area contributed by atoms with Gasteiger partial charge in [-0.1, -0.05) is 24.3 Å². The second-order valence-corrected chi connectivity index (χ2v) is 6.68. The monoisotopic (exact) mass is 349 g/mol. The first-order chi connectivity index (χ1) is 12.5. The summed E-state index contributed by atoms with van der Waals surface area (Å²) in [5.41, 5.74) is 4.12. The number of carboxylic acid groups (broad SMARTS) is 1. The lowest BCUT2D eigenvalue weighted by atomic mass is 9.93. The fraction of sp³-hybridized carbons (Fsp3) is 0.250. The Kier molecular flexibility index (Phi) is 3.76. The first kappa shape index (κ1) is 16.3. The number of hydrogen-bond donors (Lipinski definition) is 1. The van der Waals surface area contributed by atoms with Crippen molar-refractivity contribution in [3.8, 4) is 0 Å². The lowest BCUT2D eigenvalue weighted by molar-refractivity contribution is -0.142. The number of aromatic nitrogens is 2. The van der Waals surface area contributed by atoms with E-state index in [2.05, 4.69) is 4.98 Å². The molecule has 3 aromatic rings. The first-order valence-corrected chi connectivity index (χ1v) is 8.49. The number of amides is 1. The number of carboxylic acids is 1. The van der Waals surface area contributed by atoms with Crippen LogP contribution in [0.25, 0.3) is 11.0 Å². The maximum absolute atomic E-state index is 13.1. The predicted molar refractivity (Wildman–Crippen MR) is 96.9 cm³/mol. The number of nitrogens with zero attached hydrogens (tertiary/aromatic N) is 3. The molecular formula is C20H19N3O3. The highest BCUT2D eigenvalue weighted by atomic mass is 16.4. The van der Waals surface area contributed by atoms with Crippen LogP contribution in [-0.4, -0.2) is 37.5 Å². The van der Waals surface area contributed by atoms with E-state index in [-0.39, 0.29) is 5.91 Å². The van der Waals surface area contributed by atoms with Gasteiger partial charge in [0.25, 0.3) is 5.91 Å². The van der Waals surface area contributed by atoms with E-state index in [1.165, 1.54) is 4.90 Å². The molecule has 0 fully saturated rings. The average molecular weight is 349 g/mol. The molecule has 132 valence electrons. The van der Waals surface area contributed by atoms with E-state index in [1.807, 2.05) is 48.9 Å². The molecule has 2 aromatic carbocycles. The van der Waals surface area contributed by atoms with Crippen LogP contribution in [0, 0.1) is 6.92 Å². The second-order valence-electron chi connectivity index (χ2n) is 6.68. The Hall–Kier alpha value is -3.15. The predicted octanol–water partition coefficient (Wildman–Crippen LogP) is 2.53. The summed E-state index contributed by atoms with van der Waals surface area (Å²) >= 11 is 0. The molecule has 1 aliphatic heterocycles. The summed E-state index contributed by atoms with van der Waals surface area (Å²) in [5.74, 6) is -0.403. The molecule has 6 heteroatoms. The van der Waals surface area contributed by atoms with Crippen LogP contribution in [0.1, 0.15) is 27.3 Å². The van der Waals surface area contributed by atoms with Crippen molar-refractivity contribution in [3.05, 3.63) is 65.0 Å². The highest BCUT2D eigenvalue weighted by Gasteiger charge is 2.35. The SMILES string of the molecule is Cc1nc2cc(C(=O)N3Cc4ccccc4C[C@@H]3C(=O)O)ccc2n1C. The number of aliphatic carboxylic acids is 1. The van der Waals surface area contributed by atoms with Gasteiger partial charge in [0.2, 0.25) is 0 Å². The Morgan fingerprint density at radius 1 is 1.15 bits per heavy atom. The largest absolute Gasteiger partial charge is 0.480 e. The Morgan fingerprint density at radius 3 is 2.62 bits per heavy atom. The van der Waals surface area contributed by atoms with E-state index >= 15 is 0 Å². The molecule has 0 unspecified atom stereocenters. The van der Waals surface area contributed by atoms with Gasteiger partial charge >= 0.3 is 5.97 Å². The maximum Gasteiger partial charge on any atom is 0.326 e. The normalized spacial score (nSPS) is 16.5. The number of hydrogen-bond acceptors (Lipinski definition) is 3. The van der Waals surface area contributed by atoms with E-state index in [1.54, 1.807) is 12.1 Å². The van der Waals surface area contributed by atoms with E-state index in [0.29, 0.717) is 18.5 Å². The Labute approximate surface area is 150 Å². The molecule has 0 bridgehead atoms. The lowest BCUT2D eigenvalue weighted by Gasteiger charge is -2.34. The van der Waals surface area contributed by atoms with E-state index < -0.39 is 12.0 Å². The number of benzene rings is 2. The van der Waals surface area contributed by atoms with Crippen molar-refractivity contribution in [2.45, 2.75) is 25.9 Å². The van der Waals surface area contributed by atoms with Crippen LogP contribution >= 0.6 is 0 Å². The summed E-state index contributed by atoms with van der Waals surface area (Å²) in [6.07, 6.45) is 0.322. The molecule has 0 aliphatic carbocycles. The number of aryl methyl sites for hydroxylation is 2. The molecule has 1 N–H and O–H groups in total. The quantitative estimate of drug-likeness (QED) is 0.771. The van der Waals surface area contributed by atoms with Gasteiger partial charge in [-0.25, -0.2) is 9.78 Å². The molecule has 0 spiro atoms. The van der Waals surface area contributed by atoms with Crippen molar-refractivity contribution in [3.63, 3.8) is 0 Å². The highest BCUT2D eigenvalue weighted by molar-refractivity contribution is 5.99. The van der Waals surface area contributed by atoms with Gasteiger partial charge in [0, 0.05) is 25.6 Å². The van der Waals surface area contributed by atoms with Gasteiger partial charge in [0.05, 0.1) is 11.0 Å². The van der Waals surface area contributed by atoms with Gasteiger partial charge in [-0.15, -0.1) is 0 Å². The molecule has 4 rings (SSSR count). The van der Waals surface area contributed by atoms with Crippen molar-refractivity contribution in [2.75, 3.05) is 0 Å². The number of carbonyl (C=O) groups excluding carboxylic acids is 1. The molecule has 1 atom stereocenters. The zero-order valence-corrected chi connectivity index (χ0v) is 14.6. The van der Waals surface area contributed by atoms with Gasteiger partial charge in [-0.05, 0) is 36.2 Å². The van der Waals surface area contributed by atoms with Gasteiger partial charge < -0.3 is 14.6 Å². The molecule has 26 heavy (non-hydrogen) atoms. The molecule has 0 radical (unpaired) electrons. The summed E-state index contributed by atoms with van der Waals surface area (Å²) in [4.78, 5) is 30.8. The zero-order chi connectivity index (χ0) is 18.4. The third kappa shape index (κ3) is 2.54. The topological polar surface area (TPSA) is 75.4 Å². The molecule has 0 saturated carbocycles. The highest BCUT2D eigenvalue weighted by Crippen LogP contribution is 2.26. The van der Waals surface area contributed by atoms with Crippen LogP contribution in [0.2, 0.25) is 0 Å². The molecule has 1 aliphatic rings. The van der Waals surface area contributed by atoms with Crippen LogP contribution in [-0.2, 0) is 24.8 Å². The molecule has 1 aromatic heterocycles. The number of imidazole rings is 1. The molecule has 1 amide bonds. The fourth-order valence-electron chi connectivity index (χ4n) is 3.58. The van der Waals surface area contributed by atoms with Crippen molar-refractivity contribution >= 4 is 22.9 Å². The smallest absolute Gasteiger partial charge is 0.326 e. The Morgan fingerprint density at radius 2 is 1.88 bits per heavy atom. The lowest BCUT2D eigenvalue weighted by Crippen LogP contribution is -2.48. The summed E-state index contributed by atoms with van der Waals surface area (Å²) < 4.78 is 1.96. The Bertz CT molecular complexity index is 1040. The van der Waals surface area contributed by atoms with Crippen LogP contribution in [0.4, 0.5) is 0 Å². The van der Waals surface area contributed by atoms with Crippen molar-refractivity contribution < 1.29 is 14.7 Å². The van der Waals surface area contributed by atoms with Gasteiger partial charge in [0.15, 0.2) is 0 Å². The van der Waals surface area contributed by atoms with E-state index in [4.69, 9.17) is 0 Å². The van der Waals surface area contributed by atoms with E-state index in [9.17, 15) is 14.7 Å². The van der Waals surface area contributed by atoms with E-state index in [0.717, 1.165) is 28.0 Å². The van der Waals surface area contributed by atoms with Gasteiger partial charge in [0.1, 0.15) is 11.9 Å². The summed E-state index contributed by atoms with van der Waals surface area (Å²) in [7, 11) is 1.92. The third-order valence-corrected chi connectivity index (χ3v) is 5.15. The zero-order valence-electron chi connectivity index (χ0n) is 14.6. The van der Waals surface area contributed by atoms with Gasteiger partial charge in [-0.3, -0.25) is 4.79 Å². The number of carbonyl (C=O) groups is 2. The minimum atomic E-state index is -0.984. The summed E-state index contributed by atoms with van der Waals surface area (Å²) in [6.45, 7) is 2.20. The molecule has 2 heterocycles. The van der Waals surface area contributed by atoms with Crippen LogP contribution < -0.4 is 0 Å². The van der Waals surface area contributed by atoms with Crippen molar-refractivity contribution in [2.24, 2.45) is 7.05 Å². The van der Waals surface area contributed by atoms with Crippen molar-refractivity contribution in [1.82, 2.24) is 14.5 Å². The fourth-order valence-corrected chi connectivity index (χ4v) is 3.58. The van der Waals surface area contributed by atoms with Gasteiger partial charge in [-0.2, -0.15) is 0 Å². The third-order valence-electron chi connectivity index (χ3n) is 5.15. The molecule has 6 nitrogen and oxygen atoms in total. The minimum Gasteiger partial charge on any atom is -0.480 e. The maximum atomic E-state index is 13.1. The van der Waals surface area contributed by atoms with Crippen LogP contribution in [0.5, 0.6) is 0 Å². The van der Waals surface area contributed by atoms with Crippen molar-refractivity contribution in [1.29, 1.82) is 0 Å². The van der Waals surface area contributed by atoms with Crippen LogP contribution in [0.15, 0.2) is 42.5 Å². The Balaban J connectivity index is 1.73. The minimum absolute atomic E-state index is 0.280. The van der Waals surface area contributed by atoms with Crippen LogP contribution in [0.3, 0.4) is 0 Å². The summed E-state index contributed by atoms with van der Waals surface area (Å²) in [6, 6.07) is 12.1. The average Bonchev–Trinajstić information content (AvgIpc) is 2.93. The standard InChI is InChI=1S/C20H19N3O3/c1-12-21-16-9-14(7-8-17(16)22(12)2)19(24)23-11-15-6-4-3-5-13(15)10-18(23)20(25)26/h3-9,18H,10-11H2,1-2H3,(H,25,26)/t18-/m1/s1.